The number of thiophene rings is 1. The number of carboxylic acids is 1. The quantitative estimate of drug-likeness (QED) is 0.404. The molecule has 0 aromatic carbocycles. The molecule has 4 rings (SSSR count). The van der Waals surface area contributed by atoms with Crippen molar-refractivity contribution in [2.75, 3.05) is 4.90 Å². The maximum Gasteiger partial charge on any atom is 0.348 e. The van der Waals surface area contributed by atoms with Crippen molar-refractivity contribution in [2.24, 2.45) is 17.3 Å². The van der Waals surface area contributed by atoms with Crippen molar-refractivity contribution in [1.82, 2.24) is 9.71 Å². The monoisotopic (exact) mass is 585 g/mol. The molecule has 0 spiro atoms. The zero-order valence-corrected chi connectivity index (χ0v) is 25.3. The molecule has 0 bridgehead atoms. The normalized spacial score (nSPS) is 23.6. The molecule has 2 saturated carbocycles. The van der Waals surface area contributed by atoms with Crippen molar-refractivity contribution in [3.63, 3.8) is 0 Å². The molecule has 0 saturated heterocycles. The third-order valence-corrected chi connectivity index (χ3v) is 10.2. The molecule has 8 nitrogen and oxygen atoms in total. The van der Waals surface area contributed by atoms with Crippen molar-refractivity contribution in [1.29, 1.82) is 0 Å². The van der Waals surface area contributed by atoms with Gasteiger partial charge in [0.15, 0.2) is 0 Å². The van der Waals surface area contributed by atoms with E-state index in [1.807, 2.05) is 20.8 Å². The van der Waals surface area contributed by atoms with Gasteiger partial charge in [-0.25, -0.2) is 17.9 Å². The van der Waals surface area contributed by atoms with Gasteiger partial charge in [-0.05, 0) is 96.3 Å². The number of nitrogens with zero attached hydrogens (tertiary/aromatic N) is 2. The smallest absolute Gasteiger partial charge is 0.348 e. The van der Waals surface area contributed by atoms with E-state index in [0.717, 1.165) is 37.0 Å². The number of pyridine rings is 1. The van der Waals surface area contributed by atoms with Crippen molar-refractivity contribution in [2.45, 2.75) is 96.0 Å². The summed E-state index contributed by atoms with van der Waals surface area (Å²) in [6, 6.07) is 4.36. The first kappa shape index (κ1) is 30.2. The Morgan fingerprint density at radius 1 is 1.10 bits per heavy atom. The van der Waals surface area contributed by atoms with Gasteiger partial charge in [0.1, 0.15) is 9.77 Å². The zero-order valence-electron chi connectivity index (χ0n) is 23.6. The number of rotatable bonds is 7. The zero-order chi connectivity index (χ0) is 29.1. The lowest BCUT2D eigenvalue weighted by molar-refractivity contribution is -0.124. The van der Waals surface area contributed by atoms with Crippen molar-refractivity contribution in [3.05, 3.63) is 40.3 Å². The molecule has 2 aromatic rings. The van der Waals surface area contributed by atoms with Crippen LogP contribution in [0, 0.1) is 29.1 Å². The predicted molar refractivity (Wildman–Crippen MR) is 157 cm³/mol. The maximum atomic E-state index is 14.1. The van der Waals surface area contributed by atoms with Gasteiger partial charge < -0.3 is 10.0 Å². The third-order valence-electron chi connectivity index (χ3n) is 7.66. The molecule has 2 fully saturated rings. The van der Waals surface area contributed by atoms with Gasteiger partial charge in [-0.2, -0.15) is 0 Å². The second-order valence-corrected chi connectivity index (χ2v) is 14.9. The van der Waals surface area contributed by atoms with Crippen molar-refractivity contribution in [3.8, 4) is 11.8 Å². The standard InChI is InChI=1S/C30H39N3O5S2/c1-20-7-9-21(10-8-20)28(34)33(26-18-24(15-16-30(2,3)4)39-27(26)29(35)36)23-13-11-22(12-14-23)32-40(37,38)25-6-5-17-31-19-25/h5-6,17-23,32H,7-14H2,1-4H3,(H,35,36). The lowest BCUT2D eigenvalue weighted by atomic mass is 9.81. The summed E-state index contributed by atoms with van der Waals surface area (Å²) in [5, 5.41) is 10.1. The Labute approximate surface area is 241 Å². The summed E-state index contributed by atoms with van der Waals surface area (Å²) in [5.41, 5.74) is 0.169. The molecule has 0 aliphatic heterocycles. The molecule has 216 valence electrons. The van der Waals surface area contributed by atoms with Gasteiger partial charge in [-0.1, -0.05) is 18.8 Å². The van der Waals surface area contributed by atoms with Crippen LogP contribution in [-0.4, -0.2) is 42.5 Å². The number of amides is 1. The summed E-state index contributed by atoms with van der Waals surface area (Å²) in [4.78, 5) is 32.9. The molecular formula is C30H39N3O5S2. The average Bonchev–Trinajstić information content (AvgIpc) is 3.33. The summed E-state index contributed by atoms with van der Waals surface area (Å²) < 4.78 is 28.5. The average molecular weight is 586 g/mol. The minimum absolute atomic E-state index is 0.0260. The van der Waals surface area contributed by atoms with Crippen LogP contribution in [0.15, 0.2) is 35.5 Å². The van der Waals surface area contributed by atoms with E-state index in [1.165, 1.54) is 18.5 Å². The minimum atomic E-state index is -3.71. The summed E-state index contributed by atoms with van der Waals surface area (Å²) in [7, 11) is -3.71. The Hall–Kier alpha value is -2.74. The highest BCUT2D eigenvalue weighted by Gasteiger charge is 2.38. The Morgan fingerprint density at radius 2 is 1.77 bits per heavy atom. The number of aromatic carboxylic acids is 1. The third kappa shape index (κ3) is 7.50. The summed E-state index contributed by atoms with van der Waals surface area (Å²) in [5.74, 6) is 5.62. The fourth-order valence-corrected chi connectivity index (χ4v) is 7.58. The van der Waals surface area contributed by atoms with E-state index < -0.39 is 16.0 Å². The summed E-state index contributed by atoms with van der Waals surface area (Å²) in [6.07, 6.45) is 8.59. The number of carboxylic acid groups (broad SMARTS) is 1. The maximum absolute atomic E-state index is 14.1. The Bertz CT molecular complexity index is 1370. The Morgan fingerprint density at radius 3 is 2.35 bits per heavy atom. The molecule has 0 radical (unpaired) electrons. The number of hydrogen-bond donors (Lipinski definition) is 2. The van der Waals surface area contributed by atoms with Gasteiger partial charge in [-0.15, -0.1) is 11.3 Å². The molecule has 2 heterocycles. The topological polar surface area (TPSA) is 117 Å². The number of nitrogens with one attached hydrogen (secondary N) is 1. The molecule has 10 heteroatoms. The van der Waals surface area contributed by atoms with E-state index in [4.69, 9.17) is 0 Å². The summed E-state index contributed by atoms with van der Waals surface area (Å²) >= 11 is 1.11. The van der Waals surface area contributed by atoms with Gasteiger partial charge >= 0.3 is 5.97 Å². The Balaban J connectivity index is 1.60. The van der Waals surface area contributed by atoms with E-state index >= 15 is 0 Å². The number of sulfonamides is 1. The van der Waals surface area contributed by atoms with Crippen LogP contribution >= 0.6 is 11.3 Å². The second-order valence-electron chi connectivity index (χ2n) is 12.1. The van der Waals surface area contributed by atoms with Crippen molar-refractivity contribution < 1.29 is 23.1 Å². The molecular weight excluding hydrogens is 546 g/mol. The van der Waals surface area contributed by atoms with Crippen LogP contribution in [0.3, 0.4) is 0 Å². The first-order valence-corrected chi connectivity index (χ1v) is 16.3. The predicted octanol–water partition coefficient (Wildman–Crippen LogP) is 5.69. The highest BCUT2D eigenvalue weighted by atomic mass is 32.2. The molecule has 2 aromatic heterocycles. The molecule has 40 heavy (non-hydrogen) atoms. The minimum Gasteiger partial charge on any atom is -0.477 e. The summed E-state index contributed by atoms with van der Waals surface area (Å²) in [6.45, 7) is 8.18. The molecule has 1 amide bonds. The van der Waals surface area contributed by atoms with Crippen LogP contribution in [0.25, 0.3) is 0 Å². The number of anilines is 1. The first-order valence-electron chi connectivity index (χ1n) is 14.0. The number of aromatic nitrogens is 1. The van der Waals surface area contributed by atoms with Gasteiger partial charge in [0.2, 0.25) is 15.9 Å². The van der Waals surface area contributed by atoms with Gasteiger partial charge in [0.05, 0.1) is 10.6 Å². The first-order chi connectivity index (χ1) is 18.8. The van der Waals surface area contributed by atoms with Crippen LogP contribution < -0.4 is 9.62 Å². The van der Waals surface area contributed by atoms with E-state index in [-0.39, 0.29) is 39.1 Å². The molecule has 2 N–H and O–H groups in total. The largest absolute Gasteiger partial charge is 0.477 e. The van der Waals surface area contributed by atoms with E-state index in [0.29, 0.717) is 42.2 Å². The van der Waals surface area contributed by atoms with Crippen molar-refractivity contribution >= 4 is 38.9 Å². The van der Waals surface area contributed by atoms with Crippen LogP contribution in [0.2, 0.25) is 0 Å². The van der Waals surface area contributed by atoms with Gasteiger partial charge in [-0.3, -0.25) is 9.78 Å². The molecule has 0 atom stereocenters. The Kier molecular flexibility index (Phi) is 9.38. The van der Waals surface area contributed by atoms with Crippen LogP contribution in [0.5, 0.6) is 0 Å². The van der Waals surface area contributed by atoms with E-state index in [2.05, 4.69) is 28.5 Å². The van der Waals surface area contributed by atoms with Gasteiger partial charge in [0, 0.05) is 35.8 Å². The molecule has 0 unspecified atom stereocenters. The fraction of sp³-hybridized carbons (Fsp3) is 0.567. The number of hydrogen-bond acceptors (Lipinski definition) is 6. The molecule has 2 aliphatic carbocycles. The van der Waals surface area contributed by atoms with Crippen LogP contribution in [0.1, 0.15) is 93.6 Å². The number of carbonyl (C=O) groups excluding carboxylic acids is 1. The lowest BCUT2D eigenvalue weighted by Gasteiger charge is -2.39. The second kappa shape index (κ2) is 12.4. The SMILES string of the molecule is CC1CCC(C(=O)N(c2cc(C#CC(C)(C)C)sc2C(=O)O)C2CCC(NS(=O)(=O)c3cccnc3)CC2)CC1. The van der Waals surface area contributed by atoms with E-state index in [9.17, 15) is 23.1 Å². The number of carbonyl (C=O) groups is 2. The fourth-order valence-electron chi connectivity index (χ4n) is 5.47. The highest BCUT2D eigenvalue weighted by Crippen LogP contribution is 2.39. The highest BCUT2D eigenvalue weighted by molar-refractivity contribution is 7.89. The van der Waals surface area contributed by atoms with E-state index in [1.54, 1.807) is 17.0 Å². The van der Waals surface area contributed by atoms with Gasteiger partial charge in [0.25, 0.3) is 0 Å². The molecule has 2 aliphatic rings. The lowest BCUT2D eigenvalue weighted by Crippen LogP contribution is -2.49. The van der Waals surface area contributed by atoms with Crippen LogP contribution in [0.4, 0.5) is 5.69 Å². The van der Waals surface area contributed by atoms with Crippen LogP contribution in [-0.2, 0) is 14.8 Å².